The molecule has 0 radical (unpaired) electrons. The Labute approximate surface area is 109 Å². The van der Waals surface area contributed by atoms with Gasteiger partial charge in [0.05, 0.1) is 5.69 Å². The summed E-state index contributed by atoms with van der Waals surface area (Å²) < 4.78 is 33.4. The zero-order valence-electron chi connectivity index (χ0n) is 10.8. The smallest absolute Gasteiger partial charge is 0.241 e. The molecule has 2 N–H and O–H groups in total. The normalized spacial score (nSPS) is 10.7. The van der Waals surface area contributed by atoms with E-state index in [2.05, 4.69) is 5.10 Å². The lowest BCUT2D eigenvalue weighted by atomic mass is 10.2. The first kappa shape index (κ1) is 13.3. The van der Waals surface area contributed by atoms with E-state index in [-0.39, 0.29) is 11.6 Å². The Morgan fingerprint density at radius 1 is 1.37 bits per heavy atom. The number of nitrogens with two attached hydrogens (primary N) is 1. The van der Waals surface area contributed by atoms with Crippen LogP contribution in [0.15, 0.2) is 18.2 Å². The third-order valence-corrected chi connectivity index (χ3v) is 2.72. The largest absolute Gasteiger partial charge is 0.434 e. The maximum absolute atomic E-state index is 13.5. The number of halogens is 2. The summed E-state index contributed by atoms with van der Waals surface area (Å²) in [6.07, 6.45) is 1.59. The molecule has 0 unspecified atom stereocenters. The fourth-order valence-electron chi connectivity index (χ4n) is 1.79. The number of ether oxygens (including phenoxy) is 1. The Morgan fingerprint density at radius 2 is 2.11 bits per heavy atom. The van der Waals surface area contributed by atoms with Crippen LogP contribution in [0, 0.1) is 11.6 Å². The lowest BCUT2D eigenvalue weighted by molar-refractivity contribution is 0.389. The summed E-state index contributed by atoms with van der Waals surface area (Å²) in [7, 11) is 1.64. The summed E-state index contributed by atoms with van der Waals surface area (Å²) in [5.41, 5.74) is 6.95. The summed E-state index contributed by atoms with van der Waals surface area (Å²) in [5, 5.41) is 4.20. The summed E-state index contributed by atoms with van der Waals surface area (Å²) >= 11 is 0. The lowest BCUT2D eigenvalue weighted by Crippen LogP contribution is -1.99. The number of anilines is 1. The molecule has 0 aliphatic rings. The van der Waals surface area contributed by atoms with Gasteiger partial charge in [0.2, 0.25) is 11.7 Å². The maximum atomic E-state index is 13.5. The van der Waals surface area contributed by atoms with Gasteiger partial charge in [-0.15, -0.1) is 0 Å². The monoisotopic (exact) mass is 267 g/mol. The second-order valence-corrected chi connectivity index (χ2v) is 4.19. The Bertz CT molecular complexity index is 596. The Balaban J connectivity index is 2.36. The molecule has 2 rings (SSSR count). The van der Waals surface area contributed by atoms with Gasteiger partial charge in [0.1, 0.15) is 5.69 Å². The van der Waals surface area contributed by atoms with Gasteiger partial charge in [-0.05, 0) is 18.6 Å². The van der Waals surface area contributed by atoms with E-state index >= 15 is 0 Å². The molecule has 0 aliphatic heterocycles. The van der Waals surface area contributed by atoms with Crippen molar-refractivity contribution < 1.29 is 13.5 Å². The van der Waals surface area contributed by atoms with Gasteiger partial charge < -0.3 is 10.5 Å². The predicted molar refractivity (Wildman–Crippen MR) is 68.0 cm³/mol. The SMILES string of the molecule is CCCc1nn(C)c(Oc2cccc(F)c2F)c1N. The van der Waals surface area contributed by atoms with E-state index < -0.39 is 11.6 Å². The third-order valence-electron chi connectivity index (χ3n) is 2.72. The molecular formula is C13H15F2N3O. The Hall–Kier alpha value is -2.11. The summed E-state index contributed by atoms with van der Waals surface area (Å²) in [4.78, 5) is 0. The maximum Gasteiger partial charge on any atom is 0.241 e. The summed E-state index contributed by atoms with van der Waals surface area (Å²) in [6, 6.07) is 3.73. The van der Waals surface area contributed by atoms with Gasteiger partial charge in [-0.3, -0.25) is 0 Å². The molecule has 1 heterocycles. The van der Waals surface area contributed by atoms with E-state index in [1.165, 1.54) is 16.8 Å². The van der Waals surface area contributed by atoms with Crippen LogP contribution >= 0.6 is 0 Å². The van der Waals surface area contributed by atoms with Crippen LogP contribution < -0.4 is 10.5 Å². The first-order valence-corrected chi connectivity index (χ1v) is 5.97. The number of aromatic nitrogens is 2. The van der Waals surface area contributed by atoms with Crippen molar-refractivity contribution >= 4 is 5.69 Å². The average molecular weight is 267 g/mol. The highest BCUT2D eigenvalue weighted by molar-refractivity contribution is 5.54. The van der Waals surface area contributed by atoms with Crippen molar-refractivity contribution in [2.75, 3.05) is 5.73 Å². The number of nitrogens with zero attached hydrogens (tertiary/aromatic N) is 2. The van der Waals surface area contributed by atoms with Crippen LogP contribution in [0.3, 0.4) is 0 Å². The zero-order valence-corrected chi connectivity index (χ0v) is 10.8. The van der Waals surface area contributed by atoms with Gasteiger partial charge in [0.25, 0.3) is 0 Å². The second kappa shape index (κ2) is 5.26. The fourth-order valence-corrected chi connectivity index (χ4v) is 1.79. The van der Waals surface area contributed by atoms with Gasteiger partial charge in [-0.25, -0.2) is 9.07 Å². The molecule has 1 aromatic carbocycles. The summed E-state index contributed by atoms with van der Waals surface area (Å²) in [6.45, 7) is 2.00. The Kier molecular flexibility index (Phi) is 3.69. The van der Waals surface area contributed by atoms with E-state index in [9.17, 15) is 8.78 Å². The minimum Gasteiger partial charge on any atom is -0.434 e. The van der Waals surface area contributed by atoms with Crippen molar-refractivity contribution in [2.24, 2.45) is 7.05 Å². The van der Waals surface area contributed by atoms with Crippen LogP contribution in [0.25, 0.3) is 0 Å². The minimum absolute atomic E-state index is 0.210. The number of rotatable bonds is 4. The number of hydrogen-bond donors (Lipinski definition) is 1. The van der Waals surface area contributed by atoms with Gasteiger partial charge in [-0.1, -0.05) is 19.4 Å². The molecule has 1 aromatic heterocycles. The molecule has 19 heavy (non-hydrogen) atoms. The predicted octanol–water partition coefficient (Wildman–Crippen LogP) is 3.03. The van der Waals surface area contributed by atoms with Crippen molar-refractivity contribution in [1.82, 2.24) is 9.78 Å². The van der Waals surface area contributed by atoms with E-state index in [1.807, 2.05) is 6.92 Å². The number of hydrogen-bond acceptors (Lipinski definition) is 3. The molecule has 6 heteroatoms. The van der Waals surface area contributed by atoms with Gasteiger partial charge >= 0.3 is 0 Å². The first-order valence-electron chi connectivity index (χ1n) is 5.97. The Morgan fingerprint density at radius 3 is 2.79 bits per heavy atom. The molecule has 0 aliphatic carbocycles. The summed E-state index contributed by atoms with van der Waals surface area (Å²) in [5.74, 6) is -2.00. The minimum atomic E-state index is -1.04. The molecule has 0 amide bonds. The van der Waals surface area contributed by atoms with Crippen molar-refractivity contribution in [3.05, 3.63) is 35.5 Å². The van der Waals surface area contributed by atoms with Gasteiger partial charge in [0, 0.05) is 7.05 Å². The van der Waals surface area contributed by atoms with E-state index in [4.69, 9.17) is 10.5 Å². The second-order valence-electron chi connectivity index (χ2n) is 4.19. The van der Waals surface area contributed by atoms with Crippen LogP contribution in [-0.2, 0) is 13.5 Å². The highest BCUT2D eigenvalue weighted by Crippen LogP contribution is 2.32. The van der Waals surface area contributed by atoms with E-state index in [0.717, 1.165) is 12.5 Å². The third kappa shape index (κ3) is 2.52. The van der Waals surface area contributed by atoms with Gasteiger partial charge in [0.15, 0.2) is 11.6 Å². The molecule has 102 valence electrons. The topological polar surface area (TPSA) is 53.1 Å². The molecule has 0 saturated carbocycles. The lowest BCUT2D eigenvalue weighted by Gasteiger charge is -2.07. The van der Waals surface area contributed by atoms with Crippen molar-refractivity contribution in [2.45, 2.75) is 19.8 Å². The van der Waals surface area contributed by atoms with Crippen molar-refractivity contribution in [3.8, 4) is 11.6 Å². The van der Waals surface area contributed by atoms with Crippen molar-refractivity contribution in [1.29, 1.82) is 0 Å². The molecule has 0 saturated heterocycles. The molecule has 2 aromatic rings. The molecule has 4 nitrogen and oxygen atoms in total. The standard InChI is InChI=1S/C13H15F2N3O/c1-3-5-9-12(16)13(18(2)17-9)19-10-7-4-6-8(14)11(10)15/h4,6-7H,3,5,16H2,1-2H3. The number of aryl methyl sites for hydroxylation is 2. The molecule has 0 atom stereocenters. The average Bonchev–Trinajstić information content (AvgIpc) is 2.63. The first-order chi connectivity index (χ1) is 9.04. The number of nitrogen functional groups attached to an aromatic ring is 1. The van der Waals surface area contributed by atoms with Gasteiger partial charge in [-0.2, -0.15) is 9.49 Å². The van der Waals surface area contributed by atoms with Crippen LogP contribution in [0.2, 0.25) is 0 Å². The van der Waals surface area contributed by atoms with E-state index in [0.29, 0.717) is 17.8 Å². The zero-order chi connectivity index (χ0) is 14.0. The van der Waals surface area contributed by atoms with Crippen molar-refractivity contribution in [3.63, 3.8) is 0 Å². The fraction of sp³-hybridized carbons (Fsp3) is 0.308. The van der Waals surface area contributed by atoms with Crippen LogP contribution in [0.1, 0.15) is 19.0 Å². The van der Waals surface area contributed by atoms with Crippen LogP contribution in [-0.4, -0.2) is 9.78 Å². The number of benzene rings is 1. The molecular weight excluding hydrogens is 252 g/mol. The van der Waals surface area contributed by atoms with E-state index in [1.54, 1.807) is 7.05 Å². The quantitative estimate of drug-likeness (QED) is 0.926. The van der Waals surface area contributed by atoms with Crippen LogP contribution in [0.5, 0.6) is 11.6 Å². The molecule has 0 fully saturated rings. The highest BCUT2D eigenvalue weighted by atomic mass is 19.2. The highest BCUT2D eigenvalue weighted by Gasteiger charge is 2.17. The molecule has 0 bridgehead atoms. The van der Waals surface area contributed by atoms with Crippen LogP contribution in [0.4, 0.5) is 14.5 Å². The molecule has 0 spiro atoms.